The van der Waals surface area contributed by atoms with Crippen molar-refractivity contribution < 1.29 is 8.42 Å². The summed E-state index contributed by atoms with van der Waals surface area (Å²) in [6.45, 7) is 1.89. The number of aryl methyl sites for hydroxylation is 1. The molecule has 1 aromatic heterocycles. The highest BCUT2D eigenvalue weighted by Gasteiger charge is 2.30. The SMILES string of the molecule is Cc1ccc(Cl)cc1S(=O)(=O)NCCn1nc(-c2ccccc2)n(C2CC2)c1=O. The molecule has 0 bridgehead atoms. The molecule has 1 aliphatic carbocycles. The molecular weight excluding hydrogens is 412 g/mol. The van der Waals surface area contributed by atoms with Gasteiger partial charge in [0.1, 0.15) is 0 Å². The molecule has 1 fully saturated rings. The molecule has 1 saturated carbocycles. The highest BCUT2D eigenvalue weighted by molar-refractivity contribution is 7.89. The highest BCUT2D eigenvalue weighted by Crippen LogP contribution is 2.36. The van der Waals surface area contributed by atoms with E-state index in [9.17, 15) is 13.2 Å². The molecule has 1 heterocycles. The number of nitrogens with one attached hydrogen (secondary N) is 1. The minimum atomic E-state index is -3.74. The van der Waals surface area contributed by atoms with Crippen LogP contribution in [-0.4, -0.2) is 29.3 Å². The Balaban J connectivity index is 1.55. The van der Waals surface area contributed by atoms with Gasteiger partial charge in [-0.25, -0.2) is 22.6 Å². The summed E-state index contributed by atoms with van der Waals surface area (Å²) in [6.07, 6.45) is 1.90. The van der Waals surface area contributed by atoms with Crippen LogP contribution in [0.5, 0.6) is 0 Å². The minimum absolute atomic E-state index is 0.0457. The van der Waals surface area contributed by atoms with Crippen LogP contribution in [0.4, 0.5) is 0 Å². The first-order chi connectivity index (χ1) is 13.9. The summed E-state index contributed by atoms with van der Waals surface area (Å²) in [5, 5.41) is 4.83. The minimum Gasteiger partial charge on any atom is -0.272 e. The zero-order valence-electron chi connectivity index (χ0n) is 15.9. The lowest BCUT2D eigenvalue weighted by atomic mass is 10.2. The van der Waals surface area contributed by atoms with E-state index in [0.717, 1.165) is 18.4 Å². The number of sulfonamides is 1. The molecule has 0 spiro atoms. The Morgan fingerprint density at radius 3 is 2.59 bits per heavy atom. The Kier molecular flexibility index (Phi) is 5.33. The third-order valence-corrected chi connectivity index (χ3v) is 6.71. The van der Waals surface area contributed by atoms with Gasteiger partial charge < -0.3 is 0 Å². The van der Waals surface area contributed by atoms with Gasteiger partial charge >= 0.3 is 5.69 Å². The first-order valence-electron chi connectivity index (χ1n) is 9.37. The van der Waals surface area contributed by atoms with E-state index in [4.69, 9.17) is 11.6 Å². The zero-order valence-corrected chi connectivity index (χ0v) is 17.4. The first-order valence-corrected chi connectivity index (χ1v) is 11.2. The molecule has 2 aromatic carbocycles. The van der Waals surface area contributed by atoms with Gasteiger partial charge in [-0.1, -0.05) is 48.0 Å². The van der Waals surface area contributed by atoms with Crippen LogP contribution in [0.1, 0.15) is 24.4 Å². The van der Waals surface area contributed by atoms with Crippen LogP contribution in [0.3, 0.4) is 0 Å². The monoisotopic (exact) mass is 432 g/mol. The number of hydrogen-bond acceptors (Lipinski definition) is 4. The molecule has 4 rings (SSSR count). The Morgan fingerprint density at radius 1 is 1.17 bits per heavy atom. The van der Waals surface area contributed by atoms with Crippen LogP contribution in [-0.2, 0) is 16.6 Å². The number of aromatic nitrogens is 3. The topological polar surface area (TPSA) is 86.0 Å². The van der Waals surface area contributed by atoms with E-state index in [-0.39, 0.29) is 29.7 Å². The van der Waals surface area contributed by atoms with Crippen molar-refractivity contribution in [3.05, 3.63) is 69.6 Å². The van der Waals surface area contributed by atoms with Crippen molar-refractivity contribution in [3.63, 3.8) is 0 Å². The van der Waals surface area contributed by atoms with Crippen molar-refractivity contribution in [2.75, 3.05) is 6.54 Å². The standard InChI is InChI=1S/C20H21ClN4O3S/c1-14-7-8-16(21)13-18(14)29(27,28)22-11-12-24-20(26)25(17-9-10-17)19(23-24)15-5-3-2-4-6-15/h2-8,13,17,22H,9-12H2,1H3. The molecule has 29 heavy (non-hydrogen) atoms. The molecule has 152 valence electrons. The van der Waals surface area contributed by atoms with E-state index >= 15 is 0 Å². The smallest absolute Gasteiger partial charge is 0.272 e. The first kappa shape index (κ1) is 19.9. The van der Waals surface area contributed by atoms with E-state index in [2.05, 4.69) is 9.82 Å². The fourth-order valence-electron chi connectivity index (χ4n) is 3.24. The van der Waals surface area contributed by atoms with Crippen molar-refractivity contribution >= 4 is 21.6 Å². The molecule has 1 aliphatic rings. The number of nitrogens with zero attached hydrogens (tertiary/aromatic N) is 3. The van der Waals surface area contributed by atoms with Crippen molar-refractivity contribution in [1.29, 1.82) is 0 Å². The van der Waals surface area contributed by atoms with Crippen LogP contribution in [0, 0.1) is 6.92 Å². The van der Waals surface area contributed by atoms with E-state index in [0.29, 0.717) is 16.4 Å². The molecule has 0 amide bonds. The second kappa shape index (κ2) is 7.78. The number of halogens is 1. The van der Waals surface area contributed by atoms with Crippen LogP contribution in [0.25, 0.3) is 11.4 Å². The molecule has 0 aliphatic heterocycles. The molecule has 7 nitrogen and oxygen atoms in total. The predicted octanol–water partition coefficient (Wildman–Crippen LogP) is 2.99. The molecule has 0 unspecified atom stereocenters. The number of benzene rings is 2. The van der Waals surface area contributed by atoms with Gasteiger partial charge in [-0.2, -0.15) is 0 Å². The van der Waals surface area contributed by atoms with Crippen LogP contribution < -0.4 is 10.4 Å². The Bertz CT molecular complexity index is 1200. The van der Waals surface area contributed by atoms with Crippen LogP contribution in [0.15, 0.2) is 58.2 Å². The summed E-state index contributed by atoms with van der Waals surface area (Å²) in [4.78, 5) is 13.0. The molecule has 9 heteroatoms. The second-order valence-corrected chi connectivity index (χ2v) is 9.28. The van der Waals surface area contributed by atoms with Gasteiger partial charge in [0.15, 0.2) is 5.82 Å². The average molecular weight is 433 g/mol. The summed E-state index contributed by atoms with van der Waals surface area (Å²) >= 11 is 5.94. The lowest BCUT2D eigenvalue weighted by Crippen LogP contribution is -2.32. The molecule has 3 aromatic rings. The Morgan fingerprint density at radius 2 is 1.90 bits per heavy atom. The molecular formula is C20H21ClN4O3S. The fourth-order valence-corrected chi connectivity index (χ4v) is 4.77. The largest absolute Gasteiger partial charge is 0.346 e. The third kappa shape index (κ3) is 4.14. The third-order valence-electron chi connectivity index (χ3n) is 4.87. The van der Waals surface area contributed by atoms with Gasteiger partial charge in [-0.3, -0.25) is 4.57 Å². The lowest BCUT2D eigenvalue weighted by Gasteiger charge is -2.09. The normalized spacial score (nSPS) is 14.3. The van der Waals surface area contributed by atoms with Crippen LogP contribution >= 0.6 is 11.6 Å². The molecule has 1 N–H and O–H groups in total. The summed E-state index contributed by atoms with van der Waals surface area (Å²) in [5.74, 6) is 0.617. The fraction of sp³-hybridized carbons (Fsp3) is 0.300. The van der Waals surface area contributed by atoms with Gasteiger partial charge in [-0.15, -0.1) is 5.10 Å². The summed E-state index contributed by atoms with van der Waals surface area (Å²) in [7, 11) is -3.74. The summed E-state index contributed by atoms with van der Waals surface area (Å²) < 4.78 is 30.8. The maximum Gasteiger partial charge on any atom is 0.346 e. The van der Waals surface area contributed by atoms with E-state index in [1.165, 1.54) is 10.7 Å². The van der Waals surface area contributed by atoms with Gasteiger partial charge in [0.05, 0.1) is 11.4 Å². The maximum atomic E-state index is 12.8. The summed E-state index contributed by atoms with van der Waals surface area (Å²) in [5.41, 5.74) is 1.25. The molecule has 0 radical (unpaired) electrons. The van der Waals surface area contributed by atoms with Crippen molar-refractivity contribution in [2.24, 2.45) is 0 Å². The molecule has 0 atom stereocenters. The van der Waals surface area contributed by atoms with Crippen LogP contribution in [0.2, 0.25) is 5.02 Å². The van der Waals surface area contributed by atoms with E-state index in [1.807, 2.05) is 30.3 Å². The Hall–Kier alpha value is -2.42. The van der Waals surface area contributed by atoms with Crippen molar-refractivity contribution in [2.45, 2.75) is 37.2 Å². The highest BCUT2D eigenvalue weighted by atomic mass is 35.5. The lowest BCUT2D eigenvalue weighted by molar-refractivity contribution is 0.546. The maximum absolute atomic E-state index is 12.8. The average Bonchev–Trinajstić information content (AvgIpc) is 3.48. The van der Waals surface area contributed by atoms with Gasteiger partial charge in [0.2, 0.25) is 10.0 Å². The summed E-state index contributed by atoms with van der Waals surface area (Å²) in [6, 6.07) is 14.4. The Labute approximate surface area is 174 Å². The van der Waals surface area contributed by atoms with Crippen molar-refractivity contribution in [3.8, 4) is 11.4 Å². The van der Waals surface area contributed by atoms with Gasteiger partial charge in [-0.05, 0) is 37.5 Å². The van der Waals surface area contributed by atoms with E-state index in [1.54, 1.807) is 23.6 Å². The zero-order chi connectivity index (χ0) is 20.6. The van der Waals surface area contributed by atoms with Gasteiger partial charge in [0, 0.05) is 23.2 Å². The predicted molar refractivity (Wildman–Crippen MR) is 112 cm³/mol. The number of rotatable bonds is 7. The van der Waals surface area contributed by atoms with Gasteiger partial charge in [0.25, 0.3) is 0 Å². The quantitative estimate of drug-likeness (QED) is 0.621. The van der Waals surface area contributed by atoms with E-state index < -0.39 is 10.0 Å². The second-order valence-electron chi connectivity index (χ2n) is 7.10. The molecule has 0 saturated heterocycles. The number of hydrogen-bond donors (Lipinski definition) is 1. The van der Waals surface area contributed by atoms with Crippen molar-refractivity contribution in [1.82, 2.24) is 19.1 Å².